The Hall–Kier alpha value is -2.44. The molecule has 26 heavy (non-hydrogen) atoms. The quantitative estimate of drug-likeness (QED) is 0.832. The zero-order valence-corrected chi connectivity index (χ0v) is 15.7. The van der Waals surface area contributed by atoms with Crippen molar-refractivity contribution in [1.82, 2.24) is 15.1 Å². The Morgan fingerprint density at radius 1 is 0.962 bits per heavy atom. The van der Waals surface area contributed by atoms with Crippen molar-refractivity contribution in [2.24, 2.45) is 0 Å². The van der Waals surface area contributed by atoms with Crippen LogP contribution in [0.1, 0.15) is 37.6 Å². The van der Waals surface area contributed by atoms with Gasteiger partial charge in [0.25, 0.3) is 5.91 Å². The maximum absolute atomic E-state index is 12.9. The first-order valence-corrected chi connectivity index (χ1v) is 9.09. The summed E-state index contributed by atoms with van der Waals surface area (Å²) in [7, 11) is 0. The Morgan fingerprint density at radius 2 is 1.62 bits per heavy atom. The number of amides is 3. The second-order valence-corrected chi connectivity index (χ2v) is 7.67. The van der Waals surface area contributed by atoms with Gasteiger partial charge in [-0.2, -0.15) is 0 Å². The molecular weight excluding hydrogens is 334 g/mol. The topological polar surface area (TPSA) is 71.1 Å². The van der Waals surface area contributed by atoms with Gasteiger partial charge >= 0.3 is 6.03 Å². The number of nitrogens with one attached hydrogen (secondary N) is 1. The van der Waals surface area contributed by atoms with Crippen LogP contribution in [0, 0.1) is 0 Å². The van der Waals surface area contributed by atoms with E-state index in [0.717, 1.165) is 6.42 Å². The van der Waals surface area contributed by atoms with E-state index in [-0.39, 0.29) is 17.5 Å². The molecule has 1 N–H and O–H groups in total. The van der Waals surface area contributed by atoms with Crippen LogP contribution in [0.25, 0.3) is 0 Å². The molecule has 1 aromatic rings. The van der Waals surface area contributed by atoms with E-state index in [0.29, 0.717) is 56.5 Å². The molecule has 0 unspecified atom stereocenters. The van der Waals surface area contributed by atoms with E-state index in [1.807, 2.05) is 20.8 Å². The number of carbonyl (C=O) groups is 2. The number of benzene rings is 1. The van der Waals surface area contributed by atoms with Gasteiger partial charge in [0.2, 0.25) is 0 Å². The summed E-state index contributed by atoms with van der Waals surface area (Å²) in [6.07, 6.45) is 0.758. The number of ether oxygens (including phenoxy) is 2. The van der Waals surface area contributed by atoms with Crippen LogP contribution in [0.15, 0.2) is 18.2 Å². The van der Waals surface area contributed by atoms with Gasteiger partial charge in [-0.15, -0.1) is 0 Å². The predicted octanol–water partition coefficient (Wildman–Crippen LogP) is 2.11. The van der Waals surface area contributed by atoms with Crippen LogP contribution in [0.4, 0.5) is 4.79 Å². The molecule has 3 rings (SSSR count). The van der Waals surface area contributed by atoms with Crippen LogP contribution in [0.5, 0.6) is 11.5 Å². The largest absolute Gasteiger partial charge is 0.486 e. The molecule has 7 nitrogen and oxygen atoms in total. The van der Waals surface area contributed by atoms with E-state index in [4.69, 9.17) is 9.47 Å². The molecule has 3 amide bonds. The van der Waals surface area contributed by atoms with E-state index < -0.39 is 0 Å². The third kappa shape index (κ3) is 4.39. The number of carbonyl (C=O) groups excluding carboxylic acids is 2. The summed E-state index contributed by atoms with van der Waals surface area (Å²) in [4.78, 5) is 28.8. The normalized spacial score (nSPS) is 17.5. The number of hydrogen-bond acceptors (Lipinski definition) is 4. The Morgan fingerprint density at radius 3 is 2.35 bits per heavy atom. The molecule has 0 radical (unpaired) electrons. The molecule has 0 bridgehead atoms. The zero-order chi connectivity index (χ0) is 18.7. The van der Waals surface area contributed by atoms with Gasteiger partial charge in [-0.05, 0) is 45.4 Å². The number of fused-ring (bicyclic) bond motifs is 1. The first-order chi connectivity index (χ1) is 12.3. The summed E-state index contributed by atoms with van der Waals surface area (Å²) >= 11 is 0. The number of rotatable bonds is 1. The van der Waals surface area contributed by atoms with Gasteiger partial charge in [0.15, 0.2) is 11.5 Å². The molecule has 1 saturated heterocycles. The highest BCUT2D eigenvalue weighted by Gasteiger charge is 2.25. The highest BCUT2D eigenvalue weighted by atomic mass is 16.6. The minimum atomic E-state index is -0.274. The molecule has 0 atom stereocenters. The lowest BCUT2D eigenvalue weighted by Gasteiger charge is -2.27. The lowest BCUT2D eigenvalue weighted by atomic mass is 10.1. The van der Waals surface area contributed by atoms with Gasteiger partial charge in [0.1, 0.15) is 13.2 Å². The first-order valence-electron chi connectivity index (χ1n) is 9.09. The summed E-state index contributed by atoms with van der Waals surface area (Å²) < 4.78 is 11.1. The molecule has 2 aliphatic heterocycles. The van der Waals surface area contributed by atoms with Gasteiger partial charge in [-0.1, -0.05) is 0 Å². The van der Waals surface area contributed by atoms with Crippen LogP contribution in [-0.2, 0) is 0 Å². The van der Waals surface area contributed by atoms with E-state index in [1.54, 1.807) is 28.0 Å². The summed E-state index contributed by atoms with van der Waals surface area (Å²) in [5.41, 5.74) is 0.311. The van der Waals surface area contributed by atoms with Crippen molar-refractivity contribution in [3.63, 3.8) is 0 Å². The molecule has 0 aliphatic carbocycles. The second kappa shape index (κ2) is 7.43. The lowest BCUT2D eigenvalue weighted by Crippen LogP contribution is -2.49. The van der Waals surface area contributed by atoms with Crippen LogP contribution in [0.2, 0.25) is 0 Å². The SMILES string of the molecule is CC(C)(C)NC(=O)N1CCCN(C(=O)c2ccc3c(c2)OCCO3)CC1. The second-order valence-electron chi connectivity index (χ2n) is 7.67. The van der Waals surface area contributed by atoms with Crippen molar-refractivity contribution in [3.8, 4) is 11.5 Å². The maximum Gasteiger partial charge on any atom is 0.317 e. The van der Waals surface area contributed by atoms with Gasteiger partial charge in [-0.3, -0.25) is 4.79 Å². The molecule has 2 heterocycles. The van der Waals surface area contributed by atoms with Crippen molar-refractivity contribution in [3.05, 3.63) is 23.8 Å². The minimum Gasteiger partial charge on any atom is -0.486 e. The molecule has 2 aliphatic rings. The zero-order valence-electron chi connectivity index (χ0n) is 15.7. The van der Waals surface area contributed by atoms with Crippen LogP contribution in [-0.4, -0.2) is 66.7 Å². The van der Waals surface area contributed by atoms with Gasteiger partial charge < -0.3 is 24.6 Å². The third-order valence-electron chi connectivity index (χ3n) is 4.34. The van der Waals surface area contributed by atoms with Crippen molar-refractivity contribution >= 4 is 11.9 Å². The van der Waals surface area contributed by atoms with E-state index in [1.165, 1.54) is 0 Å². The van der Waals surface area contributed by atoms with E-state index in [2.05, 4.69) is 5.32 Å². The molecule has 142 valence electrons. The molecule has 1 aromatic carbocycles. The Kier molecular flexibility index (Phi) is 5.25. The summed E-state index contributed by atoms with van der Waals surface area (Å²) in [5.74, 6) is 1.25. The third-order valence-corrected chi connectivity index (χ3v) is 4.34. The molecule has 0 spiro atoms. The number of urea groups is 1. The summed E-state index contributed by atoms with van der Waals surface area (Å²) in [6, 6.07) is 5.21. The Balaban J connectivity index is 1.63. The van der Waals surface area contributed by atoms with Gasteiger partial charge in [0.05, 0.1) is 0 Å². The van der Waals surface area contributed by atoms with Crippen molar-refractivity contribution in [1.29, 1.82) is 0 Å². The highest BCUT2D eigenvalue weighted by Crippen LogP contribution is 2.31. The molecule has 1 fully saturated rings. The fourth-order valence-corrected chi connectivity index (χ4v) is 3.08. The van der Waals surface area contributed by atoms with Crippen LogP contribution >= 0.6 is 0 Å². The van der Waals surface area contributed by atoms with Crippen LogP contribution in [0.3, 0.4) is 0 Å². The van der Waals surface area contributed by atoms with Gasteiger partial charge in [0, 0.05) is 37.3 Å². The monoisotopic (exact) mass is 361 g/mol. The average molecular weight is 361 g/mol. The highest BCUT2D eigenvalue weighted by molar-refractivity contribution is 5.95. The smallest absolute Gasteiger partial charge is 0.317 e. The molecular formula is C19H27N3O4. The van der Waals surface area contributed by atoms with Crippen molar-refractivity contribution in [2.45, 2.75) is 32.7 Å². The molecule has 7 heteroatoms. The fourth-order valence-electron chi connectivity index (χ4n) is 3.08. The molecule has 0 saturated carbocycles. The Labute approximate surface area is 154 Å². The van der Waals surface area contributed by atoms with Crippen molar-refractivity contribution in [2.75, 3.05) is 39.4 Å². The van der Waals surface area contributed by atoms with E-state index >= 15 is 0 Å². The molecule has 0 aromatic heterocycles. The standard InChI is InChI=1S/C19H27N3O4/c1-19(2,3)20-18(24)22-8-4-7-21(9-10-22)17(23)14-5-6-15-16(13-14)26-12-11-25-15/h5-6,13H,4,7-12H2,1-3H3,(H,20,24). The Bertz CT molecular complexity index is 684. The van der Waals surface area contributed by atoms with E-state index in [9.17, 15) is 9.59 Å². The van der Waals surface area contributed by atoms with Crippen molar-refractivity contribution < 1.29 is 19.1 Å². The predicted molar refractivity (Wildman–Crippen MR) is 97.8 cm³/mol. The maximum atomic E-state index is 12.9. The van der Waals surface area contributed by atoms with Gasteiger partial charge in [-0.25, -0.2) is 4.79 Å². The first kappa shape index (κ1) is 18.4. The van der Waals surface area contributed by atoms with Crippen LogP contribution < -0.4 is 14.8 Å². The number of hydrogen-bond donors (Lipinski definition) is 1. The number of nitrogens with zero attached hydrogens (tertiary/aromatic N) is 2. The average Bonchev–Trinajstić information content (AvgIpc) is 2.85. The fraction of sp³-hybridized carbons (Fsp3) is 0.579. The lowest BCUT2D eigenvalue weighted by molar-refractivity contribution is 0.0760. The summed E-state index contributed by atoms with van der Waals surface area (Å²) in [5, 5.41) is 2.98. The minimum absolute atomic E-state index is 0.0416. The summed E-state index contributed by atoms with van der Waals surface area (Å²) in [6.45, 7) is 9.22.